The molecule has 3 fully saturated rings. The summed E-state index contributed by atoms with van der Waals surface area (Å²) < 4.78 is 5.39. The lowest BCUT2D eigenvalue weighted by molar-refractivity contribution is -0.124. The molecule has 1 spiro atoms. The summed E-state index contributed by atoms with van der Waals surface area (Å²) in [4.78, 5) is 2.62. The molecule has 0 radical (unpaired) electrons. The highest BCUT2D eigenvalue weighted by Crippen LogP contribution is 2.56. The molecule has 80 valence electrons. The minimum atomic E-state index is 0.490. The summed E-state index contributed by atoms with van der Waals surface area (Å²) in [6.07, 6.45) is 5.36. The molecule has 0 unspecified atom stereocenters. The van der Waals surface area contributed by atoms with E-state index >= 15 is 0 Å². The maximum absolute atomic E-state index is 6.16. The second kappa shape index (κ2) is 3.19. The Bertz CT molecular complexity index is 221. The molecule has 2 atom stereocenters. The molecule has 2 aliphatic carbocycles. The summed E-state index contributed by atoms with van der Waals surface area (Å²) in [6, 6.07) is 1.28. The van der Waals surface area contributed by atoms with Crippen LogP contribution in [0, 0.1) is 5.41 Å². The van der Waals surface area contributed by atoms with Crippen molar-refractivity contribution in [2.24, 2.45) is 11.1 Å². The van der Waals surface area contributed by atoms with Gasteiger partial charge in [-0.3, -0.25) is 4.90 Å². The number of nitrogens with two attached hydrogens (primary N) is 1. The van der Waals surface area contributed by atoms with Crippen molar-refractivity contribution in [1.29, 1.82) is 0 Å². The fraction of sp³-hybridized carbons (Fsp3) is 1.00. The highest BCUT2D eigenvalue weighted by molar-refractivity contribution is 5.13. The fourth-order valence-corrected chi connectivity index (χ4v) is 3.49. The smallest absolute Gasteiger partial charge is 0.0594 e. The molecule has 1 heterocycles. The van der Waals surface area contributed by atoms with Crippen LogP contribution in [0.25, 0.3) is 0 Å². The molecule has 0 aromatic rings. The van der Waals surface area contributed by atoms with Crippen molar-refractivity contribution in [1.82, 2.24) is 4.90 Å². The predicted octanol–water partition coefficient (Wildman–Crippen LogP) is 0.588. The first-order valence-corrected chi connectivity index (χ1v) is 5.90. The van der Waals surface area contributed by atoms with E-state index in [4.69, 9.17) is 10.5 Å². The van der Waals surface area contributed by atoms with E-state index in [9.17, 15) is 0 Å². The van der Waals surface area contributed by atoms with Crippen molar-refractivity contribution < 1.29 is 4.74 Å². The van der Waals surface area contributed by atoms with Gasteiger partial charge in [-0.1, -0.05) is 6.42 Å². The average Bonchev–Trinajstić information content (AvgIpc) is 2.13. The molecule has 0 amide bonds. The molecule has 3 rings (SSSR count). The van der Waals surface area contributed by atoms with E-state index in [1.807, 2.05) is 0 Å². The van der Waals surface area contributed by atoms with Crippen molar-refractivity contribution in [3.63, 3.8) is 0 Å². The zero-order chi connectivity index (χ0) is 9.60. The maximum atomic E-state index is 6.16. The molecular formula is C11H20N2O. The van der Waals surface area contributed by atoms with Crippen LogP contribution < -0.4 is 5.73 Å². The second-order valence-corrected chi connectivity index (χ2v) is 5.09. The lowest BCUT2D eigenvalue weighted by atomic mass is 9.49. The lowest BCUT2D eigenvalue weighted by Crippen LogP contribution is -2.70. The van der Waals surface area contributed by atoms with Gasteiger partial charge in [-0.2, -0.15) is 0 Å². The molecule has 1 saturated heterocycles. The van der Waals surface area contributed by atoms with Crippen molar-refractivity contribution in [2.45, 2.75) is 37.8 Å². The molecule has 0 aromatic heterocycles. The van der Waals surface area contributed by atoms with Crippen LogP contribution in [0.5, 0.6) is 0 Å². The number of ether oxygens (including phenoxy) is 1. The quantitative estimate of drug-likeness (QED) is 0.667. The van der Waals surface area contributed by atoms with Gasteiger partial charge in [0.15, 0.2) is 0 Å². The molecule has 3 aliphatic rings. The zero-order valence-corrected chi connectivity index (χ0v) is 8.74. The van der Waals surface area contributed by atoms with Crippen molar-refractivity contribution in [3.8, 4) is 0 Å². The average molecular weight is 196 g/mol. The summed E-state index contributed by atoms with van der Waals surface area (Å²) in [5, 5.41) is 0. The standard InChI is InChI=1S/C11H20N2O/c12-9-8-10(11(9)2-1-3-11)13-4-6-14-7-5-13/h9-10H,1-8,12H2/t9-,10-/m1/s1. The van der Waals surface area contributed by atoms with E-state index in [2.05, 4.69) is 4.90 Å². The van der Waals surface area contributed by atoms with Crippen LogP contribution in [-0.2, 0) is 4.74 Å². The van der Waals surface area contributed by atoms with Crippen molar-refractivity contribution >= 4 is 0 Å². The Morgan fingerprint density at radius 1 is 1.21 bits per heavy atom. The minimum Gasteiger partial charge on any atom is -0.379 e. The monoisotopic (exact) mass is 196 g/mol. The SMILES string of the molecule is N[C@@H]1C[C@@H](N2CCOCC2)C12CCC2. The van der Waals surface area contributed by atoms with E-state index in [0.717, 1.165) is 32.3 Å². The van der Waals surface area contributed by atoms with E-state index in [-0.39, 0.29) is 0 Å². The third kappa shape index (κ3) is 1.09. The third-order valence-electron chi connectivity index (χ3n) is 4.65. The topological polar surface area (TPSA) is 38.5 Å². The first-order chi connectivity index (χ1) is 6.83. The first kappa shape index (κ1) is 9.13. The summed E-state index contributed by atoms with van der Waals surface area (Å²) in [7, 11) is 0. The summed E-state index contributed by atoms with van der Waals surface area (Å²) in [6.45, 7) is 4.09. The van der Waals surface area contributed by atoms with E-state index < -0.39 is 0 Å². The molecule has 0 aromatic carbocycles. The number of nitrogens with zero attached hydrogens (tertiary/aromatic N) is 1. The summed E-state index contributed by atoms with van der Waals surface area (Å²) >= 11 is 0. The van der Waals surface area contributed by atoms with Crippen LogP contribution in [0.1, 0.15) is 25.7 Å². The van der Waals surface area contributed by atoms with Gasteiger partial charge in [0.1, 0.15) is 0 Å². The van der Waals surface area contributed by atoms with Gasteiger partial charge in [0.2, 0.25) is 0 Å². The maximum Gasteiger partial charge on any atom is 0.0594 e. The molecule has 2 N–H and O–H groups in total. The molecule has 0 bridgehead atoms. The highest BCUT2D eigenvalue weighted by atomic mass is 16.5. The first-order valence-electron chi connectivity index (χ1n) is 5.90. The Morgan fingerprint density at radius 2 is 1.93 bits per heavy atom. The Labute approximate surface area is 85.6 Å². The molecule has 2 saturated carbocycles. The summed E-state index contributed by atoms with van der Waals surface area (Å²) in [5.41, 5.74) is 6.68. The van der Waals surface area contributed by atoms with Gasteiger partial charge in [-0.05, 0) is 19.3 Å². The van der Waals surface area contributed by atoms with Gasteiger partial charge in [-0.15, -0.1) is 0 Å². The van der Waals surface area contributed by atoms with Crippen LogP contribution in [0.2, 0.25) is 0 Å². The van der Waals surface area contributed by atoms with Crippen LogP contribution in [0.3, 0.4) is 0 Å². The number of morpholine rings is 1. The van der Waals surface area contributed by atoms with Crippen LogP contribution in [0.4, 0.5) is 0 Å². The van der Waals surface area contributed by atoms with Gasteiger partial charge in [0, 0.05) is 30.6 Å². The predicted molar refractivity (Wildman–Crippen MR) is 55.1 cm³/mol. The van der Waals surface area contributed by atoms with Crippen molar-refractivity contribution in [2.75, 3.05) is 26.3 Å². The van der Waals surface area contributed by atoms with Gasteiger partial charge in [-0.25, -0.2) is 0 Å². The normalized spacial score (nSPS) is 41.8. The Hall–Kier alpha value is -0.120. The zero-order valence-electron chi connectivity index (χ0n) is 8.74. The van der Waals surface area contributed by atoms with E-state index in [0.29, 0.717) is 11.5 Å². The van der Waals surface area contributed by atoms with Crippen molar-refractivity contribution in [3.05, 3.63) is 0 Å². The largest absolute Gasteiger partial charge is 0.379 e. The second-order valence-electron chi connectivity index (χ2n) is 5.09. The summed E-state index contributed by atoms with van der Waals surface area (Å²) in [5.74, 6) is 0. The number of hydrogen-bond acceptors (Lipinski definition) is 3. The molecule has 3 nitrogen and oxygen atoms in total. The van der Waals surface area contributed by atoms with Crippen LogP contribution >= 0.6 is 0 Å². The van der Waals surface area contributed by atoms with Crippen LogP contribution in [-0.4, -0.2) is 43.3 Å². The van der Waals surface area contributed by atoms with Gasteiger partial charge in [0.25, 0.3) is 0 Å². The molecule has 1 aliphatic heterocycles. The number of rotatable bonds is 1. The third-order valence-corrected chi connectivity index (χ3v) is 4.65. The molecule has 3 heteroatoms. The Balaban J connectivity index is 1.67. The fourth-order valence-electron chi connectivity index (χ4n) is 3.49. The Kier molecular flexibility index (Phi) is 2.08. The van der Waals surface area contributed by atoms with Crippen LogP contribution in [0.15, 0.2) is 0 Å². The molecular weight excluding hydrogens is 176 g/mol. The van der Waals surface area contributed by atoms with Gasteiger partial charge in [0.05, 0.1) is 13.2 Å². The van der Waals surface area contributed by atoms with E-state index in [1.54, 1.807) is 0 Å². The minimum absolute atomic E-state index is 0.490. The van der Waals surface area contributed by atoms with Gasteiger partial charge >= 0.3 is 0 Å². The number of hydrogen-bond donors (Lipinski definition) is 1. The molecule has 14 heavy (non-hydrogen) atoms. The van der Waals surface area contributed by atoms with E-state index in [1.165, 1.54) is 25.7 Å². The lowest BCUT2D eigenvalue weighted by Gasteiger charge is -2.63. The Morgan fingerprint density at radius 3 is 2.43 bits per heavy atom. The highest BCUT2D eigenvalue weighted by Gasteiger charge is 2.58. The van der Waals surface area contributed by atoms with Gasteiger partial charge < -0.3 is 10.5 Å².